The summed E-state index contributed by atoms with van der Waals surface area (Å²) in [6, 6.07) is 7.41. The number of hydrogen-bond acceptors (Lipinski definition) is 7. The second kappa shape index (κ2) is 10.2. The monoisotopic (exact) mass is 498 g/mol. The third kappa shape index (κ3) is 5.52. The standard InChI is InChI=1S/C24H21F3N6O3/c1-14(22(34)32-20-11-30-21(12-29-20)36-18-4-2-17(25)3-5-18)33-7-6-24(26,27)19(13-33)16-8-15(9-28)23(35)31-10-16/h2-5,8,10-12,14,19H,6-7,13H2,1H3,(H,31,35)(H,29,32,34). The van der Waals surface area contributed by atoms with Crippen LogP contribution in [0, 0.1) is 17.1 Å². The van der Waals surface area contributed by atoms with Gasteiger partial charge in [0.25, 0.3) is 11.5 Å². The van der Waals surface area contributed by atoms with Crippen molar-refractivity contribution < 1.29 is 22.7 Å². The molecule has 1 amide bonds. The van der Waals surface area contributed by atoms with Crippen molar-refractivity contribution in [3.05, 3.63) is 76.2 Å². The predicted octanol–water partition coefficient (Wildman–Crippen LogP) is 3.42. The molecular weight excluding hydrogens is 477 g/mol. The summed E-state index contributed by atoms with van der Waals surface area (Å²) in [7, 11) is 0. The van der Waals surface area contributed by atoms with E-state index in [1.165, 1.54) is 42.9 Å². The summed E-state index contributed by atoms with van der Waals surface area (Å²) in [4.78, 5) is 36.5. The van der Waals surface area contributed by atoms with Gasteiger partial charge in [-0.25, -0.2) is 23.1 Å². The summed E-state index contributed by atoms with van der Waals surface area (Å²) in [6.07, 6.45) is 3.25. The van der Waals surface area contributed by atoms with Gasteiger partial charge in [-0.05, 0) is 42.8 Å². The van der Waals surface area contributed by atoms with Gasteiger partial charge in [-0.3, -0.25) is 14.5 Å². The Morgan fingerprint density at radius 3 is 2.72 bits per heavy atom. The highest BCUT2D eigenvalue weighted by atomic mass is 19.3. The first kappa shape index (κ1) is 24.9. The number of carbonyl (C=O) groups is 1. The van der Waals surface area contributed by atoms with E-state index >= 15 is 0 Å². The van der Waals surface area contributed by atoms with Crippen LogP contribution in [0.4, 0.5) is 19.0 Å². The van der Waals surface area contributed by atoms with E-state index in [0.29, 0.717) is 5.75 Å². The van der Waals surface area contributed by atoms with Gasteiger partial charge in [0.1, 0.15) is 23.2 Å². The van der Waals surface area contributed by atoms with Crippen molar-refractivity contribution in [3.8, 4) is 17.7 Å². The number of hydrogen-bond donors (Lipinski definition) is 2. The van der Waals surface area contributed by atoms with Gasteiger partial charge >= 0.3 is 0 Å². The largest absolute Gasteiger partial charge is 0.438 e. The van der Waals surface area contributed by atoms with Crippen LogP contribution in [-0.4, -0.2) is 50.8 Å². The summed E-state index contributed by atoms with van der Waals surface area (Å²) in [5.74, 6) is -4.65. The number of rotatable bonds is 6. The summed E-state index contributed by atoms with van der Waals surface area (Å²) in [5.41, 5.74) is -0.784. The number of alkyl halides is 2. The van der Waals surface area contributed by atoms with Gasteiger partial charge in [0, 0.05) is 25.7 Å². The van der Waals surface area contributed by atoms with Crippen LogP contribution in [0.2, 0.25) is 0 Å². The molecule has 4 rings (SSSR count). The highest BCUT2D eigenvalue weighted by Crippen LogP contribution is 2.40. The normalized spacial score (nSPS) is 18.1. The SMILES string of the molecule is CC(C(=O)Nc1cnc(Oc2ccc(F)cc2)cn1)N1CCC(F)(F)C(c2c[nH]c(=O)c(C#N)c2)C1. The van der Waals surface area contributed by atoms with Crippen LogP contribution >= 0.6 is 0 Å². The van der Waals surface area contributed by atoms with Crippen molar-refractivity contribution in [2.75, 3.05) is 18.4 Å². The highest BCUT2D eigenvalue weighted by molar-refractivity contribution is 5.93. The molecule has 12 heteroatoms. The molecule has 2 unspecified atom stereocenters. The number of piperidine rings is 1. The number of nitrogens with one attached hydrogen (secondary N) is 2. The van der Waals surface area contributed by atoms with Crippen molar-refractivity contribution >= 4 is 11.7 Å². The fraction of sp³-hybridized carbons (Fsp3) is 0.292. The Morgan fingerprint density at radius 1 is 1.31 bits per heavy atom. The van der Waals surface area contributed by atoms with Crippen LogP contribution in [0.5, 0.6) is 11.6 Å². The fourth-order valence-electron chi connectivity index (χ4n) is 3.87. The number of benzene rings is 1. The van der Waals surface area contributed by atoms with Crippen molar-refractivity contribution in [2.24, 2.45) is 0 Å². The Labute approximate surface area is 203 Å². The van der Waals surface area contributed by atoms with Crippen LogP contribution in [0.15, 0.2) is 53.7 Å². The molecule has 2 aromatic heterocycles. The molecule has 36 heavy (non-hydrogen) atoms. The molecule has 3 aromatic rings. The third-order valence-electron chi connectivity index (χ3n) is 5.95. The van der Waals surface area contributed by atoms with E-state index in [-0.39, 0.29) is 35.9 Å². The van der Waals surface area contributed by atoms with E-state index in [4.69, 9.17) is 10.00 Å². The maximum absolute atomic E-state index is 14.7. The Hall–Kier alpha value is -4.24. The smallest absolute Gasteiger partial charge is 0.265 e. The summed E-state index contributed by atoms with van der Waals surface area (Å²) in [6.45, 7) is 1.40. The van der Waals surface area contributed by atoms with Gasteiger partial charge in [-0.1, -0.05) is 0 Å². The van der Waals surface area contributed by atoms with E-state index in [1.54, 1.807) is 17.9 Å². The van der Waals surface area contributed by atoms with Crippen molar-refractivity contribution in [3.63, 3.8) is 0 Å². The number of ether oxygens (including phenoxy) is 1. The van der Waals surface area contributed by atoms with Gasteiger partial charge in [-0.2, -0.15) is 5.26 Å². The van der Waals surface area contributed by atoms with Crippen LogP contribution in [-0.2, 0) is 4.79 Å². The quantitative estimate of drug-likeness (QED) is 0.534. The molecule has 1 aromatic carbocycles. The number of carbonyl (C=O) groups excluding carboxylic acids is 1. The van der Waals surface area contributed by atoms with Crippen molar-refractivity contribution in [1.29, 1.82) is 5.26 Å². The number of H-pyrrole nitrogens is 1. The molecule has 1 aliphatic rings. The zero-order valence-electron chi connectivity index (χ0n) is 19.0. The number of aromatic amines is 1. The summed E-state index contributed by atoms with van der Waals surface area (Å²) >= 11 is 0. The van der Waals surface area contributed by atoms with Crippen LogP contribution in [0.3, 0.4) is 0 Å². The van der Waals surface area contributed by atoms with Crippen LogP contribution in [0.1, 0.15) is 30.4 Å². The van der Waals surface area contributed by atoms with Gasteiger partial charge < -0.3 is 15.0 Å². The van der Waals surface area contributed by atoms with Gasteiger partial charge in [0.15, 0.2) is 5.82 Å². The topological polar surface area (TPSA) is 124 Å². The lowest BCUT2D eigenvalue weighted by molar-refractivity contribution is -0.125. The molecule has 2 N–H and O–H groups in total. The average molecular weight is 498 g/mol. The minimum absolute atomic E-state index is 0.0251. The number of nitrogens with zero attached hydrogens (tertiary/aromatic N) is 4. The molecule has 186 valence electrons. The molecule has 3 heterocycles. The second-order valence-electron chi connectivity index (χ2n) is 8.31. The Bertz CT molecular complexity index is 1340. The van der Waals surface area contributed by atoms with Crippen molar-refractivity contribution in [2.45, 2.75) is 31.2 Å². The minimum atomic E-state index is -3.08. The number of likely N-dealkylation sites (tertiary alicyclic amines) is 1. The fourth-order valence-corrected chi connectivity index (χ4v) is 3.87. The molecule has 0 radical (unpaired) electrons. The van der Waals surface area contributed by atoms with Gasteiger partial charge in [0.05, 0.1) is 24.4 Å². The number of nitriles is 1. The molecule has 2 atom stereocenters. The Morgan fingerprint density at radius 2 is 2.06 bits per heavy atom. The molecule has 1 fully saturated rings. The van der Waals surface area contributed by atoms with E-state index in [9.17, 15) is 22.8 Å². The highest BCUT2D eigenvalue weighted by Gasteiger charge is 2.46. The van der Waals surface area contributed by atoms with E-state index < -0.39 is 41.6 Å². The maximum atomic E-state index is 14.7. The van der Waals surface area contributed by atoms with Gasteiger partial charge in [-0.15, -0.1) is 0 Å². The zero-order chi connectivity index (χ0) is 25.9. The molecular formula is C24H21F3N6O3. The molecule has 0 aliphatic carbocycles. The van der Waals surface area contributed by atoms with Gasteiger partial charge in [0.2, 0.25) is 11.8 Å². The van der Waals surface area contributed by atoms with Crippen LogP contribution < -0.4 is 15.6 Å². The molecule has 9 nitrogen and oxygen atoms in total. The third-order valence-corrected chi connectivity index (χ3v) is 5.95. The first-order valence-electron chi connectivity index (χ1n) is 11.0. The van der Waals surface area contributed by atoms with E-state index in [0.717, 1.165) is 6.07 Å². The zero-order valence-corrected chi connectivity index (χ0v) is 19.0. The first-order chi connectivity index (χ1) is 17.2. The number of anilines is 1. The van der Waals surface area contributed by atoms with Crippen LogP contribution in [0.25, 0.3) is 0 Å². The lowest BCUT2D eigenvalue weighted by atomic mass is 9.86. The molecule has 0 bridgehead atoms. The second-order valence-corrected chi connectivity index (χ2v) is 8.31. The average Bonchev–Trinajstić information content (AvgIpc) is 2.86. The molecule has 1 saturated heterocycles. The van der Waals surface area contributed by atoms with E-state index in [2.05, 4.69) is 20.3 Å². The summed E-state index contributed by atoms with van der Waals surface area (Å²) in [5, 5.41) is 11.7. The molecule has 1 aliphatic heterocycles. The summed E-state index contributed by atoms with van der Waals surface area (Å²) < 4.78 is 47.9. The minimum Gasteiger partial charge on any atom is -0.438 e. The lowest BCUT2D eigenvalue weighted by Crippen LogP contribution is -2.52. The molecule has 0 saturated carbocycles. The lowest BCUT2D eigenvalue weighted by Gasteiger charge is -2.40. The number of amides is 1. The van der Waals surface area contributed by atoms with Crippen molar-refractivity contribution in [1.82, 2.24) is 19.9 Å². The first-order valence-corrected chi connectivity index (χ1v) is 11.0. The Kier molecular flexibility index (Phi) is 7.03. The number of aromatic nitrogens is 3. The van der Waals surface area contributed by atoms with E-state index in [1.807, 2.05) is 0 Å². The number of halogens is 3. The predicted molar refractivity (Wildman–Crippen MR) is 122 cm³/mol. The Balaban J connectivity index is 1.41. The molecule has 0 spiro atoms. The maximum Gasteiger partial charge on any atom is 0.265 e. The number of pyridine rings is 1.